The van der Waals surface area contributed by atoms with Crippen LogP contribution in [0.3, 0.4) is 0 Å². The van der Waals surface area contributed by atoms with E-state index in [4.69, 9.17) is 0 Å². The summed E-state index contributed by atoms with van der Waals surface area (Å²) in [6.45, 7) is 8.02. The second-order valence-electron chi connectivity index (χ2n) is 5.44. The molecule has 0 aromatic heterocycles. The highest BCUT2D eigenvalue weighted by molar-refractivity contribution is 5.85. The van der Waals surface area contributed by atoms with Crippen molar-refractivity contribution in [1.82, 2.24) is 10.6 Å². The van der Waals surface area contributed by atoms with E-state index in [9.17, 15) is 4.79 Å². The fourth-order valence-corrected chi connectivity index (χ4v) is 2.28. The molecular formula is C15H23ClN2O. The molecule has 0 saturated carbocycles. The topological polar surface area (TPSA) is 41.1 Å². The van der Waals surface area contributed by atoms with Gasteiger partial charge in [-0.1, -0.05) is 38.1 Å². The van der Waals surface area contributed by atoms with Crippen LogP contribution in [-0.2, 0) is 4.79 Å². The predicted octanol–water partition coefficient (Wildman–Crippen LogP) is 2.45. The second kappa shape index (κ2) is 6.92. The Morgan fingerprint density at radius 2 is 1.95 bits per heavy atom. The minimum Gasteiger partial charge on any atom is -0.349 e. The molecule has 1 aliphatic rings. The molecule has 0 aliphatic carbocycles. The van der Waals surface area contributed by atoms with Crippen LogP contribution in [0.25, 0.3) is 0 Å². The van der Waals surface area contributed by atoms with E-state index in [1.165, 1.54) is 11.1 Å². The normalized spacial score (nSPS) is 16.4. The van der Waals surface area contributed by atoms with Gasteiger partial charge in [0.15, 0.2) is 0 Å². The number of aryl methyl sites for hydroxylation is 1. The van der Waals surface area contributed by atoms with Crippen LogP contribution < -0.4 is 10.6 Å². The lowest BCUT2D eigenvalue weighted by atomic mass is 9.91. The number of carbonyl (C=O) groups excluding carboxylic acids is 1. The fraction of sp³-hybridized carbons (Fsp3) is 0.533. The summed E-state index contributed by atoms with van der Waals surface area (Å²) in [6, 6.07) is 8.39. The van der Waals surface area contributed by atoms with Gasteiger partial charge in [0.2, 0.25) is 5.91 Å². The van der Waals surface area contributed by atoms with E-state index in [1.54, 1.807) is 0 Å². The maximum Gasteiger partial charge on any atom is 0.226 e. The minimum atomic E-state index is 0. The Balaban J connectivity index is 0.00000180. The van der Waals surface area contributed by atoms with Crippen molar-refractivity contribution in [3.05, 3.63) is 35.4 Å². The zero-order chi connectivity index (χ0) is 13.1. The number of amides is 1. The van der Waals surface area contributed by atoms with Crippen LogP contribution >= 0.6 is 12.4 Å². The minimum absolute atomic E-state index is 0. The summed E-state index contributed by atoms with van der Waals surface area (Å²) in [7, 11) is 0. The summed E-state index contributed by atoms with van der Waals surface area (Å²) in [4.78, 5) is 12.1. The van der Waals surface area contributed by atoms with Gasteiger partial charge in [0.1, 0.15) is 0 Å². The highest BCUT2D eigenvalue weighted by Crippen LogP contribution is 2.25. The standard InChI is InChI=1S/C15H22N2O.ClH/c1-10(2)14(13-7-5-4-6-11(13)3)17-15(18)12-8-16-9-12;/h4-7,10,12,14,16H,8-9H2,1-3H3,(H,17,18);1H. The van der Waals surface area contributed by atoms with Crippen LogP contribution in [-0.4, -0.2) is 19.0 Å². The molecule has 3 nitrogen and oxygen atoms in total. The van der Waals surface area contributed by atoms with Crippen molar-refractivity contribution in [2.24, 2.45) is 11.8 Å². The van der Waals surface area contributed by atoms with Gasteiger partial charge in [-0.3, -0.25) is 4.79 Å². The Morgan fingerprint density at radius 3 is 2.42 bits per heavy atom. The van der Waals surface area contributed by atoms with Crippen molar-refractivity contribution in [2.45, 2.75) is 26.8 Å². The molecule has 4 heteroatoms. The number of nitrogens with one attached hydrogen (secondary N) is 2. The number of hydrogen-bond acceptors (Lipinski definition) is 2. The monoisotopic (exact) mass is 282 g/mol. The van der Waals surface area contributed by atoms with Crippen molar-refractivity contribution in [1.29, 1.82) is 0 Å². The van der Waals surface area contributed by atoms with Gasteiger partial charge in [0.25, 0.3) is 0 Å². The molecule has 2 N–H and O–H groups in total. The van der Waals surface area contributed by atoms with Crippen molar-refractivity contribution in [2.75, 3.05) is 13.1 Å². The third-order valence-corrected chi connectivity index (χ3v) is 3.64. The molecule has 1 aromatic carbocycles. The van der Waals surface area contributed by atoms with E-state index in [0.29, 0.717) is 5.92 Å². The van der Waals surface area contributed by atoms with Crippen molar-refractivity contribution in [3.8, 4) is 0 Å². The highest BCUT2D eigenvalue weighted by atomic mass is 35.5. The molecule has 0 radical (unpaired) electrons. The number of benzene rings is 1. The van der Waals surface area contributed by atoms with Crippen LogP contribution in [0.2, 0.25) is 0 Å². The first-order valence-corrected chi connectivity index (χ1v) is 6.66. The molecule has 1 aliphatic heterocycles. The maximum atomic E-state index is 12.1. The van der Waals surface area contributed by atoms with Crippen LogP contribution in [0, 0.1) is 18.8 Å². The average molecular weight is 283 g/mol. The van der Waals surface area contributed by atoms with Crippen molar-refractivity contribution < 1.29 is 4.79 Å². The number of halogens is 1. The summed E-state index contributed by atoms with van der Waals surface area (Å²) >= 11 is 0. The first kappa shape index (κ1) is 16.0. The number of rotatable bonds is 4. The summed E-state index contributed by atoms with van der Waals surface area (Å²) in [5.74, 6) is 0.717. The van der Waals surface area contributed by atoms with Crippen LogP contribution in [0.5, 0.6) is 0 Å². The van der Waals surface area contributed by atoms with Crippen LogP contribution in [0.1, 0.15) is 31.0 Å². The lowest BCUT2D eigenvalue weighted by Crippen LogP contribution is -2.51. The molecule has 1 unspecified atom stereocenters. The van der Waals surface area contributed by atoms with Gasteiger partial charge in [-0.2, -0.15) is 0 Å². The molecule has 19 heavy (non-hydrogen) atoms. The van der Waals surface area contributed by atoms with E-state index in [0.717, 1.165) is 13.1 Å². The van der Waals surface area contributed by atoms with Gasteiger partial charge in [0, 0.05) is 13.1 Å². The molecule has 1 amide bonds. The third kappa shape index (κ3) is 3.71. The lowest BCUT2D eigenvalue weighted by Gasteiger charge is -2.30. The summed E-state index contributed by atoms with van der Waals surface area (Å²) in [5.41, 5.74) is 2.47. The SMILES string of the molecule is Cc1ccccc1C(NC(=O)C1CNC1)C(C)C.Cl. The summed E-state index contributed by atoms with van der Waals surface area (Å²) in [5, 5.41) is 6.33. The molecule has 0 spiro atoms. The lowest BCUT2D eigenvalue weighted by molar-refractivity contribution is -0.127. The third-order valence-electron chi connectivity index (χ3n) is 3.64. The molecule has 2 rings (SSSR count). The Morgan fingerprint density at radius 1 is 1.32 bits per heavy atom. The first-order chi connectivity index (χ1) is 8.59. The second-order valence-corrected chi connectivity index (χ2v) is 5.44. The average Bonchev–Trinajstić information content (AvgIpc) is 2.24. The molecule has 1 aromatic rings. The zero-order valence-corrected chi connectivity index (χ0v) is 12.6. The van der Waals surface area contributed by atoms with Crippen LogP contribution in [0.15, 0.2) is 24.3 Å². The maximum absolute atomic E-state index is 12.1. The van der Waals surface area contributed by atoms with E-state index in [2.05, 4.69) is 43.5 Å². The van der Waals surface area contributed by atoms with E-state index in [1.807, 2.05) is 12.1 Å². The Kier molecular flexibility index (Phi) is 5.83. The Hall–Kier alpha value is -1.06. The number of hydrogen-bond donors (Lipinski definition) is 2. The Labute approximate surface area is 121 Å². The van der Waals surface area contributed by atoms with Gasteiger partial charge in [-0.25, -0.2) is 0 Å². The smallest absolute Gasteiger partial charge is 0.226 e. The Bertz CT molecular complexity index is 430. The molecule has 1 saturated heterocycles. The molecule has 1 heterocycles. The quantitative estimate of drug-likeness (QED) is 0.891. The first-order valence-electron chi connectivity index (χ1n) is 6.66. The zero-order valence-electron chi connectivity index (χ0n) is 11.8. The molecule has 106 valence electrons. The van der Waals surface area contributed by atoms with E-state index in [-0.39, 0.29) is 30.3 Å². The van der Waals surface area contributed by atoms with Crippen LogP contribution in [0.4, 0.5) is 0 Å². The van der Waals surface area contributed by atoms with Gasteiger partial charge >= 0.3 is 0 Å². The summed E-state index contributed by atoms with van der Waals surface area (Å²) in [6.07, 6.45) is 0. The van der Waals surface area contributed by atoms with E-state index >= 15 is 0 Å². The van der Waals surface area contributed by atoms with Gasteiger partial charge < -0.3 is 10.6 Å². The van der Waals surface area contributed by atoms with Gasteiger partial charge in [-0.05, 0) is 24.0 Å². The van der Waals surface area contributed by atoms with Crippen molar-refractivity contribution in [3.63, 3.8) is 0 Å². The fourth-order valence-electron chi connectivity index (χ4n) is 2.28. The van der Waals surface area contributed by atoms with Gasteiger partial charge in [0.05, 0.1) is 12.0 Å². The molecule has 1 fully saturated rings. The molecular weight excluding hydrogens is 260 g/mol. The largest absolute Gasteiger partial charge is 0.349 e. The highest BCUT2D eigenvalue weighted by Gasteiger charge is 2.28. The van der Waals surface area contributed by atoms with E-state index < -0.39 is 0 Å². The molecule has 1 atom stereocenters. The molecule has 0 bridgehead atoms. The van der Waals surface area contributed by atoms with Gasteiger partial charge in [-0.15, -0.1) is 12.4 Å². The summed E-state index contributed by atoms with van der Waals surface area (Å²) < 4.78 is 0. The number of carbonyl (C=O) groups is 1. The van der Waals surface area contributed by atoms with Crippen molar-refractivity contribution >= 4 is 18.3 Å². The predicted molar refractivity (Wildman–Crippen MR) is 80.5 cm³/mol.